The number of nitro groups is 1. The van der Waals surface area contributed by atoms with E-state index in [0.29, 0.717) is 70.0 Å². The zero-order valence-electron chi connectivity index (χ0n) is 73.7. The van der Waals surface area contributed by atoms with E-state index < -0.39 is 139 Å². The number of alkyl carbamates (subject to hydrolysis) is 1. The summed E-state index contributed by atoms with van der Waals surface area (Å²) in [5.41, 5.74) is -0.276. The number of fused-ring (bicyclic) bond motifs is 3. The molecule has 686 valence electrons. The van der Waals surface area contributed by atoms with Gasteiger partial charge >= 0.3 is 30.2 Å². The van der Waals surface area contributed by atoms with Crippen LogP contribution in [0.2, 0.25) is 0 Å². The van der Waals surface area contributed by atoms with Gasteiger partial charge in [0.25, 0.3) is 11.6 Å². The molecule has 5 heterocycles. The molecule has 2 saturated heterocycles. The lowest BCUT2D eigenvalue weighted by Gasteiger charge is -2.43. The van der Waals surface area contributed by atoms with Crippen LogP contribution in [0.15, 0.2) is 120 Å². The third kappa shape index (κ3) is 29.5. The molecule has 0 saturated carbocycles. The number of nitrogens with zero attached hydrogens (tertiary/aromatic N) is 11. The molecular formula is C88H118F3N15O19S. The van der Waals surface area contributed by atoms with Crippen LogP contribution in [-0.2, 0) is 75.2 Å². The van der Waals surface area contributed by atoms with Crippen LogP contribution >= 0.6 is 0 Å². The van der Waals surface area contributed by atoms with Crippen LogP contribution in [-0.4, -0.2) is 291 Å². The van der Waals surface area contributed by atoms with Crippen LogP contribution in [0.4, 0.5) is 29.3 Å². The Balaban J connectivity index is 0.889. The molecule has 3 aliphatic rings. The molecule has 0 radical (unpaired) electrons. The number of anilines is 1. The maximum Gasteiger partial charge on any atom is 0.434 e. The summed E-state index contributed by atoms with van der Waals surface area (Å²) in [5.74, 6) is -4.74. The zero-order valence-corrected chi connectivity index (χ0v) is 74.5. The summed E-state index contributed by atoms with van der Waals surface area (Å²) in [4.78, 5) is 146. The Kier molecular flexibility index (Phi) is 35.6. The molecule has 0 spiro atoms. The van der Waals surface area contributed by atoms with Crippen molar-refractivity contribution in [2.75, 3.05) is 162 Å². The first-order valence-electron chi connectivity index (χ1n) is 42.3. The van der Waals surface area contributed by atoms with Crippen LogP contribution in [0, 0.1) is 10.1 Å². The van der Waals surface area contributed by atoms with Gasteiger partial charge in [0.1, 0.15) is 29.5 Å². The number of aromatic nitrogens is 3. The number of piperazine rings is 1. The van der Waals surface area contributed by atoms with Gasteiger partial charge in [-0.15, -0.1) is 0 Å². The van der Waals surface area contributed by atoms with Gasteiger partial charge in [-0.05, 0) is 148 Å². The third-order valence-corrected chi connectivity index (χ3v) is 22.4. The Labute approximate surface area is 733 Å². The van der Waals surface area contributed by atoms with E-state index in [9.17, 15) is 61.6 Å². The molecule has 1 aliphatic carbocycles. The highest BCUT2D eigenvalue weighted by atomic mass is 32.2. The lowest BCUT2D eigenvalue weighted by atomic mass is 9.98. The summed E-state index contributed by atoms with van der Waals surface area (Å²) in [6.07, 6.45) is -5.11. The minimum Gasteiger partial charge on any atom is -0.478 e. The molecular weight excluding hydrogens is 1660 g/mol. The number of hydrogen-bond acceptors (Lipinski definition) is 27. The number of carbonyl (C=O) groups excluding carboxylic acids is 8. The SMILES string of the molecule is CCOc1ccc(C(=O)N2CCN(c3ccc(-c4cccnc4OCC)nc3CN(CCCNC(=O)[C@@H](CC(=O)NCCOCCNC(=O)CN3CCN(CC(=O)OC(C)(C)C)CCN(CC(=O)OC(C)(C)C)CCN(CC(=O)OC(C)(C)C)CC3)NC(=O)OCC3c4ccccc4-c4ccccc43)S(=O)(=O)c3ccccc3[N+](=O)[O-])[C@H](CC)C2)c(C(F)(F)F)n1. The number of amides is 5. The number of nitro benzene ring substituents is 1. The monoisotopic (exact) mass is 1780 g/mol. The van der Waals surface area contributed by atoms with Crippen molar-refractivity contribution in [3.05, 3.63) is 154 Å². The summed E-state index contributed by atoms with van der Waals surface area (Å²) in [5, 5.41) is 23.6. The summed E-state index contributed by atoms with van der Waals surface area (Å²) in [7, 11) is -4.93. The molecule has 9 rings (SSSR count). The number of rotatable bonds is 37. The smallest absolute Gasteiger partial charge is 0.434 e. The summed E-state index contributed by atoms with van der Waals surface area (Å²) in [6.45, 7) is 21.9. The second-order valence-electron chi connectivity index (χ2n) is 33.5. The number of carbonyl (C=O) groups is 8. The second kappa shape index (κ2) is 45.4. The van der Waals surface area contributed by atoms with Gasteiger partial charge in [-0.2, -0.15) is 17.5 Å². The Hall–Kier alpha value is -11.0. The van der Waals surface area contributed by atoms with Crippen LogP contribution in [0.1, 0.15) is 141 Å². The number of hydrogen-bond donors (Lipinski definition) is 4. The first-order chi connectivity index (χ1) is 59.7. The standard InChI is InChI=1S/C88H118F3N15O19S/c1-13-60-53-103(83(113)66-31-34-76(120-14-2)98-80(66)88(89,90)91)48-49-105(60)71-33-32-68(65-28-22-35-95-82(65)121-15-3)96-70(71)54-104(126(117,118)73-30-21-20-29-72(73)106(115)116)39-23-36-94-81(112)69(97-84(114)122-59-67-63-26-18-16-24-61(63)62-25-17-19-27-64(62)67)52-74(107)92-37-50-119-51-38-93-75(108)55-99-40-42-100(56-77(109)123-85(4,5)6)44-46-102(58-79(111)125-87(10,11)12)47-45-101(43-41-99)57-78(110)124-86(7,8)9/h16-22,24-35,60,67,69H,13-15,23,36-59H2,1-12H3,(H,92,107)(H,93,108)(H,94,112)(H,97,114)/t60-,69-/m1/s1. The number of esters is 3. The predicted octanol–water partition coefficient (Wildman–Crippen LogP) is 8.49. The zero-order chi connectivity index (χ0) is 91.7. The Bertz CT molecular complexity index is 4780. The molecule has 126 heavy (non-hydrogen) atoms. The Morgan fingerprint density at radius 2 is 1.13 bits per heavy atom. The largest absolute Gasteiger partial charge is 0.478 e. The van der Waals surface area contributed by atoms with Gasteiger partial charge in [0.05, 0.1) is 98.7 Å². The number of halogens is 3. The minimum absolute atomic E-state index is 0.000340. The molecule has 5 amide bonds. The Morgan fingerprint density at radius 1 is 0.603 bits per heavy atom. The second-order valence-corrected chi connectivity index (χ2v) is 35.5. The normalized spacial score (nSPS) is 15.8. The maximum atomic E-state index is 15.4. The van der Waals surface area contributed by atoms with Gasteiger partial charge in [-0.25, -0.2) is 28.2 Å². The van der Waals surface area contributed by atoms with E-state index in [0.717, 1.165) is 44.8 Å². The number of alkyl halides is 3. The Morgan fingerprint density at radius 3 is 1.67 bits per heavy atom. The average Bonchev–Trinajstić information content (AvgIpc) is 1.38. The van der Waals surface area contributed by atoms with Crippen molar-refractivity contribution < 1.29 is 98.0 Å². The van der Waals surface area contributed by atoms with Crippen molar-refractivity contribution in [3.63, 3.8) is 0 Å². The molecule has 3 aromatic heterocycles. The van der Waals surface area contributed by atoms with Crippen molar-refractivity contribution in [2.24, 2.45) is 0 Å². The van der Waals surface area contributed by atoms with Gasteiger partial charge in [0.2, 0.25) is 39.5 Å². The molecule has 2 aliphatic heterocycles. The lowest BCUT2D eigenvalue weighted by Crippen LogP contribution is -2.55. The average molecular weight is 1780 g/mol. The van der Waals surface area contributed by atoms with Gasteiger partial charge < -0.3 is 64.2 Å². The summed E-state index contributed by atoms with van der Waals surface area (Å²) >= 11 is 0. The minimum atomic E-state index is -5.03. The fourth-order valence-electron chi connectivity index (χ4n) is 14.8. The summed E-state index contributed by atoms with van der Waals surface area (Å²) < 4.78 is 115. The van der Waals surface area contributed by atoms with Gasteiger partial charge in [0, 0.05) is 128 Å². The highest BCUT2D eigenvalue weighted by Crippen LogP contribution is 2.45. The topological polar surface area (TPSA) is 388 Å². The number of nitrogens with one attached hydrogen (secondary N) is 4. The number of sulfonamides is 1. The quantitative estimate of drug-likeness (QED) is 0.00933. The number of para-hydroxylation sites is 1. The highest BCUT2D eigenvalue weighted by molar-refractivity contribution is 7.89. The van der Waals surface area contributed by atoms with E-state index in [-0.39, 0.29) is 134 Å². The molecule has 6 aromatic rings. The maximum absolute atomic E-state index is 15.4. The van der Waals surface area contributed by atoms with E-state index in [4.69, 9.17) is 38.1 Å². The molecule has 34 nitrogen and oxygen atoms in total. The molecule has 0 bridgehead atoms. The van der Waals surface area contributed by atoms with Crippen molar-refractivity contribution >= 4 is 69.0 Å². The van der Waals surface area contributed by atoms with E-state index in [1.54, 1.807) is 100 Å². The number of benzene rings is 3. The first-order valence-corrected chi connectivity index (χ1v) is 43.8. The van der Waals surface area contributed by atoms with Crippen LogP contribution < -0.4 is 35.6 Å². The number of pyridine rings is 3. The van der Waals surface area contributed by atoms with Crippen molar-refractivity contribution in [3.8, 4) is 34.1 Å². The molecule has 4 N–H and O–H groups in total. The molecule has 2 atom stereocenters. The van der Waals surface area contributed by atoms with Crippen molar-refractivity contribution in [1.29, 1.82) is 0 Å². The van der Waals surface area contributed by atoms with Crippen LogP contribution in [0.3, 0.4) is 0 Å². The van der Waals surface area contributed by atoms with E-state index >= 15 is 8.42 Å². The lowest BCUT2D eigenvalue weighted by molar-refractivity contribution is -0.387. The van der Waals surface area contributed by atoms with Crippen molar-refractivity contribution in [1.82, 2.24) is 65.0 Å². The third-order valence-electron chi connectivity index (χ3n) is 20.5. The van der Waals surface area contributed by atoms with Crippen LogP contribution in [0.5, 0.6) is 11.8 Å². The van der Waals surface area contributed by atoms with Gasteiger partial charge in [0.15, 0.2) is 10.6 Å². The highest BCUT2D eigenvalue weighted by Gasteiger charge is 2.42. The molecule has 2 fully saturated rings. The van der Waals surface area contributed by atoms with Crippen molar-refractivity contribution in [2.45, 2.75) is 155 Å². The van der Waals surface area contributed by atoms with Gasteiger partial charge in [-0.1, -0.05) is 67.6 Å². The fraction of sp³-hybridized carbons (Fsp3) is 0.534. The first kappa shape index (κ1) is 98.8. The fourth-order valence-corrected chi connectivity index (χ4v) is 16.4. The van der Waals surface area contributed by atoms with Gasteiger partial charge in [-0.3, -0.25) is 63.3 Å². The molecule has 38 heteroatoms. The van der Waals surface area contributed by atoms with Crippen LogP contribution in [0.25, 0.3) is 22.4 Å². The number of ether oxygens (including phenoxy) is 7. The van der Waals surface area contributed by atoms with E-state index in [1.165, 1.54) is 29.3 Å². The predicted molar refractivity (Wildman–Crippen MR) is 461 cm³/mol. The molecule has 0 unspecified atom stereocenters. The van der Waals surface area contributed by atoms with E-state index in [2.05, 4.69) is 31.2 Å². The van der Waals surface area contributed by atoms with E-state index in [1.807, 2.05) is 80.0 Å². The molecule has 3 aromatic carbocycles. The summed E-state index contributed by atoms with van der Waals surface area (Å²) in [6, 6.07) is 26.7.